The molecular formula is C24H17ClN2O. The Morgan fingerprint density at radius 3 is 2.43 bits per heavy atom. The molecule has 1 N–H and O–H groups in total. The fourth-order valence-electron chi connectivity index (χ4n) is 3.60. The fourth-order valence-corrected chi connectivity index (χ4v) is 3.73. The lowest BCUT2D eigenvalue weighted by atomic mass is 9.99. The second-order valence-corrected chi connectivity index (χ2v) is 7.26. The molecule has 136 valence electrons. The van der Waals surface area contributed by atoms with Crippen LogP contribution in [-0.2, 0) is 0 Å². The highest BCUT2D eigenvalue weighted by Gasteiger charge is 2.19. The largest absolute Gasteiger partial charge is 0.356 e. The Bertz CT molecular complexity index is 1270. The van der Waals surface area contributed by atoms with E-state index < -0.39 is 0 Å². The van der Waals surface area contributed by atoms with Crippen LogP contribution in [0.15, 0.2) is 83.4 Å². The first-order valence-electron chi connectivity index (χ1n) is 9.10. The van der Waals surface area contributed by atoms with E-state index in [-0.39, 0.29) is 0 Å². The number of nitrogens with one attached hydrogen (secondary N) is 1. The summed E-state index contributed by atoms with van der Waals surface area (Å²) in [5.74, 6) is 0.709. The summed E-state index contributed by atoms with van der Waals surface area (Å²) in [5.41, 5.74) is 7.27. The van der Waals surface area contributed by atoms with Gasteiger partial charge < -0.3 is 9.51 Å². The van der Waals surface area contributed by atoms with Crippen LogP contribution in [0.3, 0.4) is 0 Å². The molecule has 0 fully saturated rings. The van der Waals surface area contributed by atoms with E-state index in [1.54, 1.807) is 0 Å². The van der Waals surface area contributed by atoms with Crippen molar-refractivity contribution in [2.75, 3.05) is 0 Å². The lowest BCUT2D eigenvalue weighted by molar-refractivity contribution is 0.435. The zero-order valence-corrected chi connectivity index (χ0v) is 16.0. The molecule has 28 heavy (non-hydrogen) atoms. The molecule has 0 aliphatic rings. The lowest BCUT2D eigenvalue weighted by Gasteiger charge is -2.03. The molecule has 0 aliphatic carbocycles. The highest BCUT2D eigenvalue weighted by molar-refractivity contribution is 6.30. The van der Waals surface area contributed by atoms with Gasteiger partial charge in [0.05, 0.1) is 5.69 Å². The zero-order chi connectivity index (χ0) is 19.1. The monoisotopic (exact) mass is 384 g/mol. The SMILES string of the molecule is Cc1cccc2c(-c3ccccc3)c(-c3cc(-c4ccc(Cl)cc4)on3)[nH]c12. The summed E-state index contributed by atoms with van der Waals surface area (Å²) in [6.07, 6.45) is 0. The predicted molar refractivity (Wildman–Crippen MR) is 114 cm³/mol. The summed E-state index contributed by atoms with van der Waals surface area (Å²) in [6.45, 7) is 2.11. The molecular weight excluding hydrogens is 368 g/mol. The summed E-state index contributed by atoms with van der Waals surface area (Å²) in [4.78, 5) is 3.58. The number of fused-ring (bicyclic) bond motifs is 1. The standard InChI is InChI=1S/C24H17ClN2O/c1-15-6-5-9-19-22(17-7-3-2-4-8-17)24(26-23(15)19)20-14-21(28-27-20)16-10-12-18(25)13-11-16/h2-14,26H,1H3. The third-order valence-electron chi connectivity index (χ3n) is 5.00. The van der Waals surface area contributed by atoms with E-state index in [4.69, 9.17) is 16.1 Å². The number of aromatic amines is 1. The minimum atomic E-state index is 0.695. The third kappa shape index (κ3) is 2.81. The van der Waals surface area contributed by atoms with Gasteiger partial charge in [-0.15, -0.1) is 0 Å². The van der Waals surface area contributed by atoms with Gasteiger partial charge in [0, 0.05) is 33.1 Å². The molecule has 0 unspecified atom stereocenters. The molecule has 0 atom stereocenters. The average molecular weight is 385 g/mol. The normalized spacial score (nSPS) is 11.2. The van der Waals surface area contributed by atoms with Crippen LogP contribution in [0.25, 0.3) is 44.7 Å². The van der Waals surface area contributed by atoms with Crippen molar-refractivity contribution in [1.29, 1.82) is 0 Å². The number of halogens is 1. The van der Waals surface area contributed by atoms with Crippen LogP contribution in [-0.4, -0.2) is 10.1 Å². The molecule has 0 saturated carbocycles. The van der Waals surface area contributed by atoms with Crippen LogP contribution in [0, 0.1) is 6.92 Å². The number of nitrogens with zero attached hydrogens (tertiary/aromatic N) is 1. The maximum atomic E-state index is 6.00. The van der Waals surface area contributed by atoms with Gasteiger partial charge in [-0.2, -0.15) is 0 Å². The highest BCUT2D eigenvalue weighted by Crippen LogP contribution is 2.39. The first-order chi connectivity index (χ1) is 13.7. The molecule has 0 aliphatic heterocycles. The number of benzene rings is 3. The fraction of sp³-hybridized carbons (Fsp3) is 0.0417. The summed E-state index contributed by atoms with van der Waals surface area (Å²) in [5, 5.41) is 6.23. The van der Waals surface area contributed by atoms with Crippen molar-refractivity contribution >= 4 is 22.5 Å². The second-order valence-electron chi connectivity index (χ2n) is 6.82. The molecule has 3 nitrogen and oxygen atoms in total. The molecule has 0 radical (unpaired) electrons. The molecule has 4 heteroatoms. The number of aryl methyl sites for hydroxylation is 1. The first-order valence-corrected chi connectivity index (χ1v) is 9.48. The Labute approximate surface area is 167 Å². The number of H-pyrrole nitrogens is 1. The van der Waals surface area contributed by atoms with Crippen LogP contribution in [0.5, 0.6) is 0 Å². The molecule has 3 aromatic carbocycles. The van der Waals surface area contributed by atoms with Gasteiger partial charge in [0.15, 0.2) is 5.76 Å². The molecule has 2 heterocycles. The number of hydrogen-bond donors (Lipinski definition) is 1. The summed E-state index contributed by atoms with van der Waals surface area (Å²) in [6, 6.07) is 26.2. The number of rotatable bonds is 3. The Morgan fingerprint density at radius 2 is 1.64 bits per heavy atom. The van der Waals surface area contributed by atoms with Gasteiger partial charge >= 0.3 is 0 Å². The quantitative estimate of drug-likeness (QED) is 0.360. The van der Waals surface area contributed by atoms with Gasteiger partial charge in [-0.05, 0) is 42.3 Å². The van der Waals surface area contributed by atoms with Gasteiger partial charge in [0.1, 0.15) is 5.69 Å². The van der Waals surface area contributed by atoms with Gasteiger partial charge in [-0.25, -0.2) is 0 Å². The van der Waals surface area contributed by atoms with Crippen LogP contribution in [0.1, 0.15) is 5.56 Å². The van der Waals surface area contributed by atoms with E-state index in [1.807, 2.05) is 36.4 Å². The Kier molecular flexibility index (Phi) is 4.03. The maximum Gasteiger partial charge on any atom is 0.167 e. The van der Waals surface area contributed by atoms with Gasteiger partial charge in [0.2, 0.25) is 0 Å². The van der Waals surface area contributed by atoms with E-state index in [0.717, 1.165) is 33.6 Å². The van der Waals surface area contributed by atoms with E-state index in [9.17, 15) is 0 Å². The van der Waals surface area contributed by atoms with Gasteiger partial charge in [0.25, 0.3) is 0 Å². The van der Waals surface area contributed by atoms with Crippen molar-refractivity contribution < 1.29 is 4.52 Å². The molecule has 0 amide bonds. The lowest BCUT2D eigenvalue weighted by Crippen LogP contribution is -1.82. The number of aromatic nitrogens is 2. The van der Waals surface area contributed by atoms with Gasteiger partial charge in [-0.1, -0.05) is 65.3 Å². The summed E-state index contributed by atoms with van der Waals surface area (Å²) < 4.78 is 5.65. The smallest absolute Gasteiger partial charge is 0.167 e. The zero-order valence-electron chi connectivity index (χ0n) is 15.2. The molecule has 5 aromatic rings. The van der Waals surface area contributed by atoms with Gasteiger partial charge in [-0.3, -0.25) is 0 Å². The maximum absolute atomic E-state index is 6.00. The Balaban J connectivity index is 1.71. The summed E-state index contributed by atoms with van der Waals surface area (Å²) in [7, 11) is 0. The molecule has 0 bridgehead atoms. The average Bonchev–Trinajstić information content (AvgIpc) is 3.35. The second kappa shape index (κ2) is 6.70. The van der Waals surface area contributed by atoms with Crippen LogP contribution in [0.4, 0.5) is 0 Å². The van der Waals surface area contributed by atoms with E-state index in [2.05, 4.69) is 59.5 Å². The van der Waals surface area contributed by atoms with Crippen molar-refractivity contribution in [2.24, 2.45) is 0 Å². The van der Waals surface area contributed by atoms with Crippen molar-refractivity contribution in [3.05, 3.63) is 89.4 Å². The first kappa shape index (κ1) is 16.8. The van der Waals surface area contributed by atoms with Crippen LogP contribution < -0.4 is 0 Å². The minimum absolute atomic E-state index is 0.695. The predicted octanol–water partition coefficient (Wildman–Crippen LogP) is 7.12. The summed E-state index contributed by atoms with van der Waals surface area (Å²) >= 11 is 6.00. The van der Waals surface area contributed by atoms with E-state index in [1.165, 1.54) is 10.9 Å². The van der Waals surface area contributed by atoms with Crippen LogP contribution >= 0.6 is 11.6 Å². The van der Waals surface area contributed by atoms with Crippen molar-refractivity contribution in [2.45, 2.75) is 6.92 Å². The number of para-hydroxylation sites is 1. The highest BCUT2D eigenvalue weighted by atomic mass is 35.5. The third-order valence-corrected chi connectivity index (χ3v) is 5.25. The molecule has 5 rings (SSSR count). The molecule has 0 spiro atoms. The van der Waals surface area contributed by atoms with Crippen LogP contribution in [0.2, 0.25) is 5.02 Å². The molecule has 0 saturated heterocycles. The van der Waals surface area contributed by atoms with Crippen molar-refractivity contribution in [1.82, 2.24) is 10.1 Å². The Morgan fingerprint density at radius 1 is 0.857 bits per heavy atom. The van der Waals surface area contributed by atoms with E-state index in [0.29, 0.717) is 10.8 Å². The van der Waals surface area contributed by atoms with E-state index >= 15 is 0 Å². The Hall–Kier alpha value is -3.30. The van der Waals surface area contributed by atoms with Crippen molar-refractivity contribution in [3.63, 3.8) is 0 Å². The van der Waals surface area contributed by atoms with Crippen molar-refractivity contribution in [3.8, 4) is 33.8 Å². The topological polar surface area (TPSA) is 41.8 Å². The molecule has 2 aromatic heterocycles. The number of hydrogen-bond acceptors (Lipinski definition) is 2. The minimum Gasteiger partial charge on any atom is -0.356 e.